The summed E-state index contributed by atoms with van der Waals surface area (Å²) in [6.45, 7) is 6.18. The first-order valence-electron chi connectivity index (χ1n) is 7.63. The maximum atomic E-state index is 9.87. The Morgan fingerprint density at radius 2 is 2.12 bits per heavy atom. The summed E-state index contributed by atoms with van der Waals surface area (Å²) in [5.74, 6) is 1.28. The molecule has 0 bridgehead atoms. The number of hydrogen-bond donors (Lipinski definition) is 1. The van der Waals surface area contributed by atoms with Crippen molar-refractivity contribution in [2.75, 3.05) is 0 Å². The number of nitrogens with zero attached hydrogens (tertiary/aromatic N) is 6. The first kappa shape index (κ1) is 15.1. The molecule has 0 saturated heterocycles. The van der Waals surface area contributed by atoms with Gasteiger partial charge in [0.05, 0.1) is 29.7 Å². The highest BCUT2D eigenvalue weighted by molar-refractivity contribution is 5.67. The number of allylic oxidation sites excluding steroid dienone is 1. The van der Waals surface area contributed by atoms with E-state index in [0.717, 1.165) is 17.1 Å². The number of nitriles is 1. The van der Waals surface area contributed by atoms with Crippen LogP contribution in [0.5, 0.6) is 11.8 Å². The molecule has 4 heterocycles. The molecule has 1 atom stereocenters. The summed E-state index contributed by atoms with van der Waals surface area (Å²) in [6, 6.07) is 7.04. The Morgan fingerprint density at radius 3 is 2.80 bits per heavy atom. The second kappa shape index (κ2) is 5.58. The van der Waals surface area contributed by atoms with Gasteiger partial charge >= 0.3 is 0 Å². The minimum atomic E-state index is -0.696. The third-order valence-corrected chi connectivity index (χ3v) is 3.91. The lowest BCUT2D eigenvalue weighted by Gasteiger charge is -2.21. The van der Waals surface area contributed by atoms with Gasteiger partial charge in [-0.1, -0.05) is 6.58 Å². The number of ether oxygens (including phenoxy) is 1. The van der Waals surface area contributed by atoms with Crippen molar-refractivity contribution in [3.8, 4) is 29.2 Å². The van der Waals surface area contributed by atoms with Gasteiger partial charge in [0.1, 0.15) is 18.0 Å². The standard InChI is InChI=1S/C17H14N6O2/c1-10-9-22-13(14-8-20-17(11(2)24)23(10)14)5-16(21-22)25-15-4-3-12(6-18)7-19-15/h3-5,7-8,11,24H,1,9H2,2H3. The number of fused-ring (bicyclic) bond motifs is 3. The third kappa shape index (κ3) is 2.47. The highest BCUT2D eigenvalue weighted by Crippen LogP contribution is 2.34. The van der Waals surface area contributed by atoms with Crippen molar-refractivity contribution in [2.45, 2.75) is 19.6 Å². The Bertz CT molecular complexity index is 1010. The van der Waals surface area contributed by atoms with Crippen LogP contribution in [0.1, 0.15) is 24.4 Å². The Labute approximate surface area is 143 Å². The predicted molar refractivity (Wildman–Crippen MR) is 88.4 cm³/mol. The molecular weight excluding hydrogens is 320 g/mol. The molecule has 0 aliphatic carbocycles. The van der Waals surface area contributed by atoms with E-state index in [4.69, 9.17) is 10.00 Å². The molecule has 0 spiro atoms. The van der Waals surface area contributed by atoms with Gasteiger partial charge in [0.15, 0.2) is 0 Å². The van der Waals surface area contributed by atoms with Crippen molar-refractivity contribution < 1.29 is 9.84 Å². The van der Waals surface area contributed by atoms with Crippen molar-refractivity contribution in [1.82, 2.24) is 24.3 Å². The lowest BCUT2D eigenvalue weighted by atomic mass is 10.2. The number of rotatable bonds is 3. The van der Waals surface area contributed by atoms with Gasteiger partial charge in [-0.25, -0.2) is 9.97 Å². The molecule has 0 aromatic carbocycles. The van der Waals surface area contributed by atoms with E-state index in [0.29, 0.717) is 29.7 Å². The average molecular weight is 334 g/mol. The Kier molecular flexibility index (Phi) is 3.37. The number of aliphatic hydroxyl groups excluding tert-OH is 1. The average Bonchev–Trinajstić information content (AvgIpc) is 3.19. The number of imidazole rings is 1. The zero-order valence-electron chi connectivity index (χ0n) is 13.4. The Balaban J connectivity index is 1.69. The number of aromatic nitrogens is 5. The molecule has 1 aliphatic heterocycles. The smallest absolute Gasteiger partial charge is 0.240 e. The number of pyridine rings is 1. The topological polar surface area (TPSA) is 102 Å². The molecule has 3 aromatic heterocycles. The number of aliphatic hydroxyl groups is 1. The normalized spacial score (nSPS) is 13.7. The monoisotopic (exact) mass is 334 g/mol. The second-order valence-corrected chi connectivity index (χ2v) is 5.70. The molecule has 8 nitrogen and oxygen atoms in total. The molecule has 0 radical (unpaired) electrons. The van der Waals surface area contributed by atoms with Crippen LogP contribution in [0.15, 0.2) is 37.2 Å². The van der Waals surface area contributed by atoms with E-state index in [1.165, 1.54) is 6.20 Å². The van der Waals surface area contributed by atoms with Gasteiger partial charge in [-0.2, -0.15) is 5.26 Å². The third-order valence-electron chi connectivity index (χ3n) is 3.91. The van der Waals surface area contributed by atoms with Gasteiger partial charge in [-0.15, -0.1) is 5.10 Å². The summed E-state index contributed by atoms with van der Waals surface area (Å²) in [6.07, 6.45) is 2.43. The largest absolute Gasteiger partial charge is 0.419 e. The molecule has 0 fully saturated rings. The van der Waals surface area contributed by atoms with E-state index in [9.17, 15) is 5.11 Å². The molecule has 1 N–H and O–H groups in total. The van der Waals surface area contributed by atoms with Crippen LogP contribution in [0.25, 0.3) is 17.1 Å². The SMILES string of the molecule is C=C1Cn2nc(Oc3ccc(C#N)cn3)cc2-c2cnc(C(C)O)n21. The molecule has 25 heavy (non-hydrogen) atoms. The van der Waals surface area contributed by atoms with E-state index in [1.807, 2.05) is 10.6 Å². The zero-order chi connectivity index (χ0) is 17.6. The summed E-state index contributed by atoms with van der Waals surface area (Å²) in [4.78, 5) is 8.36. The predicted octanol–water partition coefficient (Wildman–Crippen LogP) is 2.34. The first-order valence-corrected chi connectivity index (χ1v) is 7.63. The molecule has 3 aromatic rings. The van der Waals surface area contributed by atoms with Crippen LogP contribution >= 0.6 is 0 Å². The van der Waals surface area contributed by atoms with Crippen LogP contribution in [0, 0.1) is 11.3 Å². The summed E-state index contributed by atoms with van der Waals surface area (Å²) < 4.78 is 9.28. The quantitative estimate of drug-likeness (QED) is 0.789. The summed E-state index contributed by atoms with van der Waals surface area (Å²) >= 11 is 0. The second-order valence-electron chi connectivity index (χ2n) is 5.70. The fraction of sp³-hybridized carbons (Fsp3) is 0.176. The fourth-order valence-corrected chi connectivity index (χ4v) is 2.80. The van der Waals surface area contributed by atoms with Crippen LogP contribution in [-0.2, 0) is 6.54 Å². The minimum Gasteiger partial charge on any atom is -0.419 e. The van der Waals surface area contributed by atoms with Gasteiger partial charge in [-0.05, 0) is 13.0 Å². The van der Waals surface area contributed by atoms with E-state index >= 15 is 0 Å². The van der Waals surface area contributed by atoms with Crippen LogP contribution in [0.4, 0.5) is 0 Å². The van der Waals surface area contributed by atoms with E-state index in [1.54, 1.807) is 36.0 Å². The summed E-state index contributed by atoms with van der Waals surface area (Å²) in [5, 5.41) is 23.1. The molecule has 1 aliphatic rings. The van der Waals surface area contributed by atoms with Crippen molar-refractivity contribution in [3.05, 3.63) is 48.6 Å². The van der Waals surface area contributed by atoms with Gasteiger partial charge in [0.2, 0.25) is 11.8 Å². The summed E-state index contributed by atoms with van der Waals surface area (Å²) in [5.41, 5.74) is 2.84. The van der Waals surface area contributed by atoms with Gasteiger partial charge in [-0.3, -0.25) is 9.25 Å². The van der Waals surface area contributed by atoms with E-state index in [-0.39, 0.29) is 0 Å². The van der Waals surface area contributed by atoms with Gasteiger partial charge < -0.3 is 9.84 Å². The molecule has 124 valence electrons. The zero-order valence-corrected chi connectivity index (χ0v) is 13.4. The van der Waals surface area contributed by atoms with Gasteiger partial charge in [0, 0.05) is 24.0 Å². The van der Waals surface area contributed by atoms with Crippen LogP contribution in [0.2, 0.25) is 0 Å². The fourth-order valence-electron chi connectivity index (χ4n) is 2.80. The lowest BCUT2D eigenvalue weighted by molar-refractivity contribution is 0.187. The summed E-state index contributed by atoms with van der Waals surface area (Å²) in [7, 11) is 0. The van der Waals surface area contributed by atoms with Crippen molar-refractivity contribution >= 4 is 5.70 Å². The van der Waals surface area contributed by atoms with Crippen molar-refractivity contribution in [1.29, 1.82) is 5.26 Å². The number of hydrogen-bond acceptors (Lipinski definition) is 6. The van der Waals surface area contributed by atoms with Crippen molar-refractivity contribution in [2.24, 2.45) is 0 Å². The Morgan fingerprint density at radius 1 is 1.28 bits per heavy atom. The lowest BCUT2D eigenvalue weighted by Crippen LogP contribution is -2.18. The van der Waals surface area contributed by atoms with Crippen LogP contribution in [-0.4, -0.2) is 29.4 Å². The van der Waals surface area contributed by atoms with Gasteiger partial charge in [0.25, 0.3) is 0 Å². The maximum Gasteiger partial charge on any atom is 0.240 e. The molecular formula is C17H14N6O2. The van der Waals surface area contributed by atoms with Crippen LogP contribution < -0.4 is 4.74 Å². The maximum absolute atomic E-state index is 9.87. The Hall–Kier alpha value is -3.44. The molecule has 1 unspecified atom stereocenters. The molecule has 4 rings (SSSR count). The van der Waals surface area contributed by atoms with Crippen LogP contribution in [0.3, 0.4) is 0 Å². The molecule has 8 heteroatoms. The minimum absolute atomic E-state index is 0.353. The molecule has 0 saturated carbocycles. The van der Waals surface area contributed by atoms with E-state index < -0.39 is 6.10 Å². The highest BCUT2D eigenvalue weighted by atomic mass is 16.5. The van der Waals surface area contributed by atoms with E-state index in [2.05, 4.69) is 21.6 Å². The molecule has 0 amide bonds. The first-order chi connectivity index (χ1) is 12.1. The van der Waals surface area contributed by atoms with Crippen molar-refractivity contribution in [3.63, 3.8) is 0 Å². The highest BCUT2D eigenvalue weighted by Gasteiger charge is 2.26.